The molecule has 0 unspecified atom stereocenters. The minimum absolute atomic E-state index is 0.0558. The summed E-state index contributed by atoms with van der Waals surface area (Å²) < 4.78 is 11.2. The molecular formula is C32H34N4O3. The Morgan fingerprint density at radius 1 is 0.974 bits per heavy atom. The number of carbonyl (C=O) groups excluding carboxylic acids is 1. The monoisotopic (exact) mass is 522 g/mol. The highest BCUT2D eigenvalue weighted by atomic mass is 16.5. The third-order valence-electron chi connectivity index (χ3n) is 8.43. The van der Waals surface area contributed by atoms with E-state index in [1.165, 1.54) is 5.56 Å². The first-order chi connectivity index (χ1) is 18.8. The fraction of sp³-hybridized carbons (Fsp3) is 0.344. The van der Waals surface area contributed by atoms with Crippen molar-refractivity contribution in [2.24, 2.45) is 0 Å². The van der Waals surface area contributed by atoms with E-state index < -0.39 is 0 Å². The number of aromatic nitrogens is 2. The van der Waals surface area contributed by atoms with Gasteiger partial charge in [-0.15, -0.1) is 0 Å². The number of nitrogens with one attached hydrogen (secondary N) is 1. The lowest BCUT2D eigenvalue weighted by Crippen LogP contribution is -2.40. The largest absolute Gasteiger partial charge is 0.492 e. The lowest BCUT2D eigenvalue weighted by molar-refractivity contribution is 0.102. The Morgan fingerprint density at radius 2 is 1.72 bits per heavy atom. The second kappa shape index (κ2) is 9.97. The van der Waals surface area contributed by atoms with Crippen molar-refractivity contribution in [1.29, 1.82) is 0 Å². The van der Waals surface area contributed by atoms with Crippen LogP contribution >= 0.6 is 0 Å². The van der Waals surface area contributed by atoms with Gasteiger partial charge in [0.1, 0.15) is 5.75 Å². The van der Waals surface area contributed by atoms with E-state index in [2.05, 4.69) is 59.6 Å². The molecule has 1 fully saturated rings. The molecule has 6 rings (SSSR count). The molecular weight excluding hydrogens is 488 g/mol. The van der Waals surface area contributed by atoms with Gasteiger partial charge in [0.25, 0.3) is 5.91 Å². The highest BCUT2D eigenvalue weighted by molar-refractivity contribution is 6.04. The van der Waals surface area contributed by atoms with Crippen molar-refractivity contribution in [3.63, 3.8) is 0 Å². The summed E-state index contributed by atoms with van der Waals surface area (Å²) in [5, 5.41) is 7.12. The Balaban J connectivity index is 1.16. The van der Waals surface area contributed by atoms with Crippen LogP contribution in [0.3, 0.4) is 0 Å². The number of amides is 1. The van der Waals surface area contributed by atoms with Crippen LogP contribution in [0.1, 0.15) is 53.1 Å². The van der Waals surface area contributed by atoms with E-state index in [4.69, 9.17) is 9.26 Å². The molecule has 1 saturated carbocycles. The summed E-state index contributed by atoms with van der Waals surface area (Å²) in [6.45, 7) is 4.57. The van der Waals surface area contributed by atoms with Gasteiger partial charge in [-0.3, -0.25) is 4.79 Å². The molecule has 1 N–H and O–H groups in total. The van der Waals surface area contributed by atoms with Crippen LogP contribution < -0.4 is 10.1 Å². The van der Waals surface area contributed by atoms with Gasteiger partial charge in [-0.1, -0.05) is 29.4 Å². The number of aryl methyl sites for hydroxylation is 2. The molecule has 1 aliphatic heterocycles. The lowest BCUT2D eigenvalue weighted by atomic mass is 9.69. The fourth-order valence-corrected chi connectivity index (χ4v) is 6.07. The highest BCUT2D eigenvalue weighted by Gasteiger charge is 2.43. The SMILES string of the molecule is Cc1nc(-c2ccc(-c3ccc(C(=O)Nc4ccc5c(c4)C4(CCC(N(C)C)CC4)CO5)cc3)c(C)c2)no1. The van der Waals surface area contributed by atoms with Crippen molar-refractivity contribution in [2.75, 3.05) is 26.0 Å². The van der Waals surface area contributed by atoms with Crippen LogP contribution in [0.5, 0.6) is 5.75 Å². The maximum Gasteiger partial charge on any atom is 0.255 e. The number of rotatable bonds is 5. The van der Waals surface area contributed by atoms with Gasteiger partial charge < -0.3 is 19.5 Å². The van der Waals surface area contributed by atoms with Gasteiger partial charge in [0, 0.05) is 40.8 Å². The topological polar surface area (TPSA) is 80.5 Å². The molecule has 7 heteroatoms. The van der Waals surface area contributed by atoms with Crippen molar-refractivity contribution < 1.29 is 14.1 Å². The molecule has 200 valence electrons. The van der Waals surface area contributed by atoms with E-state index in [1.54, 1.807) is 6.92 Å². The van der Waals surface area contributed by atoms with Crippen LogP contribution in [-0.4, -0.2) is 47.7 Å². The standard InChI is InChI=1S/C32H34N4O3/c1-20-17-24(30-33-21(2)39-35-30)9-11-27(20)22-5-7-23(8-6-22)31(37)34-25-10-12-29-28(18-25)32(19-38-29)15-13-26(14-16-32)36(3)4/h5-12,17-18,26H,13-16,19H2,1-4H3,(H,34,37). The molecule has 2 aliphatic rings. The molecule has 0 radical (unpaired) electrons. The van der Waals surface area contributed by atoms with Crippen molar-refractivity contribution >= 4 is 11.6 Å². The number of hydrogen-bond acceptors (Lipinski definition) is 6. The first-order valence-electron chi connectivity index (χ1n) is 13.6. The van der Waals surface area contributed by atoms with Crippen LogP contribution in [0.25, 0.3) is 22.5 Å². The summed E-state index contributed by atoms with van der Waals surface area (Å²) in [5.41, 5.74) is 6.88. The zero-order valence-corrected chi connectivity index (χ0v) is 23.0. The number of hydrogen-bond donors (Lipinski definition) is 1. The minimum atomic E-state index is -0.120. The molecule has 1 aliphatic carbocycles. The maximum absolute atomic E-state index is 13.1. The number of fused-ring (bicyclic) bond motifs is 2. The average molecular weight is 523 g/mol. The lowest BCUT2D eigenvalue weighted by Gasteiger charge is -2.38. The summed E-state index contributed by atoms with van der Waals surface area (Å²) >= 11 is 0. The van der Waals surface area contributed by atoms with Gasteiger partial charge in [-0.2, -0.15) is 4.98 Å². The van der Waals surface area contributed by atoms with Gasteiger partial charge in [0.2, 0.25) is 11.7 Å². The van der Waals surface area contributed by atoms with Gasteiger partial charge in [-0.25, -0.2) is 0 Å². The quantitative estimate of drug-likeness (QED) is 0.326. The van der Waals surface area contributed by atoms with Crippen LogP contribution in [0.2, 0.25) is 0 Å². The molecule has 39 heavy (non-hydrogen) atoms. The van der Waals surface area contributed by atoms with Crippen LogP contribution in [-0.2, 0) is 5.41 Å². The first-order valence-corrected chi connectivity index (χ1v) is 13.6. The molecule has 2 heterocycles. The van der Waals surface area contributed by atoms with Gasteiger partial charge in [0.05, 0.1) is 6.61 Å². The third-order valence-corrected chi connectivity index (χ3v) is 8.43. The second-order valence-electron chi connectivity index (χ2n) is 11.2. The second-order valence-corrected chi connectivity index (χ2v) is 11.2. The summed E-state index contributed by atoms with van der Waals surface area (Å²) in [4.78, 5) is 19.8. The van der Waals surface area contributed by atoms with Crippen LogP contribution in [0.15, 0.2) is 65.2 Å². The minimum Gasteiger partial charge on any atom is -0.492 e. The predicted octanol–water partition coefficient (Wildman–Crippen LogP) is 6.41. The molecule has 0 atom stereocenters. The Morgan fingerprint density at radius 3 is 2.38 bits per heavy atom. The molecule has 1 aromatic heterocycles. The number of anilines is 1. The van der Waals surface area contributed by atoms with Gasteiger partial charge in [-0.05, 0) is 99.8 Å². The van der Waals surface area contributed by atoms with E-state index in [0.717, 1.165) is 66.0 Å². The van der Waals surface area contributed by atoms with E-state index in [0.29, 0.717) is 23.3 Å². The van der Waals surface area contributed by atoms with Gasteiger partial charge in [0.15, 0.2) is 0 Å². The van der Waals surface area contributed by atoms with Crippen molar-refractivity contribution in [3.05, 3.63) is 83.2 Å². The predicted molar refractivity (Wildman–Crippen MR) is 152 cm³/mol. The molecule has 4 aromatic rings. The Bertz CT molecular complexity index is 1510. The number of carbonyl (C=O) groups is 1. The summed E-state index contributed by atoms with van der Waals surface area (Å²) in [6, 6.07) is 20.5. The van der Waals surface area contributed by atoms with E-state index in [-0.39, 0.29) is 11.3 Å². The van der Waals surface area contributed by atoms with Crippen LogP contribution in [0, 0.1) is 13.8 Å². The molecule has 0 saturated heterocycles. The molecule has 3 aromatic carbocycles. The Labute approximate surface area is 229 Å². The molecule has 0 bridgehead atoms. The maximum atomic E-state index is 13.1. The van der Waals surface area contributed by atoms with Crippen LogP contribution in [0.4, 0.5) is 5.69 Å². The average Bonchev–Trinajstić information content (AvgIpc) is 3.53. The number of ether oxygens (including phenoxy) is 1. The molecule has 7 nitrogen and oxygen atoms in total. The number of benzene rings is 3. The zero-order valence-electron chi connectivity index (χ0n) is 23.0. The summed E-state index contributed by atoms with van der Waals surface area (Å²) in [7, 11) is 4.33. The van der Waals surface area contributed by atoms with E-state index in [1.807, 2.05) is 42.5 Å². The third kappa shape index (κ3) is 4.83. The fourth-order valence-electron chi connectivity index (χ4n) is 6.07. The molecule has 1 amide bonds. The van der Waals surface area contributed by atoms with Gasteiger partial charge >= 0.3 is 0 Å². The number of nitrogens with zero attached hydrogens (tertiary/aromatic N) is 3. The Hall–Kier alpha value is -3.97. The van der Waals surface area contributed by atoms with Crippen molar-refractivity contribution in [1.82, 2.24) is 15.0 Å². The summed E-state index contributed by atoms with van der Waals surface area (Å²) in [6.07, 6.45) is 4.54. The van der Waals surface area contributed by atoms with Crippen molar-refractivity contribution in [3.8, 4) is 28.3 Å². The van der Waals surface area contributed by atoms with E-state index in [9.17, 15) is 4.79 Å². The molecule has 1 spiro atoms. The first kappa shape index (κ1) is 25.3. The van der Waals surface area contributed by atoms with Crippen molar-refractivity contribution in [2.45, 2.75) is 51.0 Å². The normalized spacial score (nSPS) is 20.2. The zero-order chi connectivity index (χ0) is 27.1. The Kier molecular flexibility index (Phi) is 6.47. The smallest absolute Gasteiger partial charge is 0.255 e. The van der Waals surface area contributed by atoms with E-state index >= 15 is 0 Å². The summed E-state index contributed by atoms with van der Waals surface area (Å²) in [5.74, 6) is 1.96. The highest BCUT2D eigenvalue weighted by Crippen LogP contribution is 2.49.